The molecule has 1 saturated heterocycles. The summed E-state index contributed by atoms with van der Waals surface area (Å²) in [5, 5.41) is 3.28. The fraction of sp³-hybridized carbons (Fsp3) is 0.538. The van der Waals surface area contributed by atoms with E-state index in [0.717, 1.165) is 31.5 Å². The standard InChI is InChI=1S/C13H19N3O/c1-16(10-11-4-7-14-8-5-11)13(17)12-3-2-6-15-9-12/h4-5,7-8,12,15H,2-3,6,9-10H2,1H3. The van der Waals surface area contributed by atoms with Crippen LogP contribution in [-0.2, 0) is 11.3 Å². The number of aromatic nitrogens is 1. The normalized spacial score (nSPS) is 19.9. The highest BCUT2D eigenvalue weighted by Gasteiger charge is 2.23. The van der Waals surface area contributed by atoms with Crippen molar-refractivity contribution in [3.8, 4) is 0 Å². The summed E-state index contributed by atoms with van der Waals surface area (Å²) in [6.45, 7) is 2.52. The van der Waals surface area contributed by atoms with Crippen molar-refractivity contribution in [2.45, 2.75) is 19.4 Å². The molecule has 92 valence electrons. The molecule has 1 aromatic heterocycles. The Morgan fingerprint density at radius 3 is 2.94 bits per heavy atom. The monoisotopic (exact) mass is 233 g/mol. The number of hydrogen-bond donors (Lipinski definition) is 1. The number of nitrogens with zero attached hydrogens (tertiary/aromatic N) is 2. The smallest absolute Gasteiger partial charge is 0.227 e. The Labute approximate surface area is 102 Å². The van der Waals surface area contributed by atoms with E-state index in [4.69, 9.17) is 0 Å². The lowest BCUT2D eigenvalue weighted by molar-refractivity contribution is -0.135. The Morgan fingerprint density at radius 1 is 1.53 bits per heavy atom. The maximum Gasteiger partial charge on any atom is 0.227 e. The molecule has 0 aromatic carbocycles. The van der Waals surface area contributed by atoms with Gasteiger partial charge in [0, 0.05) is 32.5 Å². The molecule has 1 aliphatic rings. The van der Waals surface area contributed by atoms with E-state index in [1.807, 2.05) is 24.1 Å². The highest BCUT2D eigenvalue weighted by molar-refractivity contribution is 5.78. The van der Waals surface area contributed by atoms with Crippen LogP contribution in [0.25, 0.3) is 0 Å². The molecule has 1 N–H and O–H groups in total. The van der Waals surface area contributed by atoms with Gasteiger partial charge in [-0.2, -0.15) is 0 Å². The molecule has 1 unspecified atom stereocenters. The van der Waals surface area contributed by atoms with Crippen LogP contribution in [-0.4, -0.2) is 35.9 Å². The molecule has 0 saturated carbocycles. The van der Waals surface area contributed by atoms with Crippen LogP contribution in [0.4, 0.5) is 0 Å². The van der Waals surface area contributed by atoms with Crippen LogP contribution >= 0.6 is 0 Å². The van der Waals surface area contributed by atoms with Crippen molar-refractivity contribution >= 4 is 5.91 Å². The van der Waals surface area contributed by atoms with Crippen molar-refractivity contribution in [3.63, 3.8) is 0 Å². The number of amides is 1. The lowest BCUT2D eigenvalue weighted by atomic mass is 9.98. The summed E-state index contributed by atoms with van der Waals surface area (Å²) in [7, 11) is 1.87. The van der Waals surface area contributed by atoms with E-state index in [1.54, 1.807) is 12.4 Å². The summed E-state index contributed by atoms with van der Waals surface area (Å²) in [5.74, 6) is 0.393. The second-order valence-electron chi connectivity index (χ2n) is 4.59. The third-order valence-corrected chi connectivity index (χ3v) is 3.19. The first-order chi connectivity index (χ1) is 8.27. The Morgan fingerprint density at radius 2 is 2.29 bits per heavy atom. The van der Waals surface area contributed by atoms with Gasteiger partial charge in [0.15, 0.2) is 0 Å². The van der Waals surface area contributed by atoms with E-state index in [9.17, 15) is 4.79 Å². The molecule has 4 nitrogen and oxygen atoms in total. The second kappa shape index (κ2) is 5.77. The van der Waals surface area contributed by atoms with Crippen LogP contribution in [0.3, 0.4) is 0 Å². The zero-order valence-corrected chi connectivity index (χ0v) is 10.2. The Kier molecular flexibility index (Phi) is 4.09. The average molecular weight is 233 g/mol. The van der Waals surface area contributed by atoms with E-state index < -0.39 is 0 Å². The molecule has 1 aromatic rings. The van der Waals surface area contributed by atoms with E-state index in [1.165, 1.54) is 0 Å². The van der Waals surface area contributed by atoms with Gasteiger partial charge in [0.05, 0.1) is 5.92 Å². The minimum absolute atomic E-state index is 0.149. The van der Waals surface area contributed by atoms with Crippen molar-refractivity contribution in [3.05, 3.63) is 30.1 Å². The molecule has 0 aliphatic carbocycles. The second-order valence-corrected chi connectivity index (χ2v) is 4.59. The van der Waals surface area contributed by atoms with E-state index in [0.29, 0.717) is 6.54 Å². The molecule has 0 radical (unpaired) electrons. The summed E-state index contributed by atoms with van der Waals surface area (Å²) in [5.41, 5.74) is 1.12. The first-order valence-corrected chi connectivity index (χ1v) is 6.12. The maximum atomic E-state index is 12.2. The van der Waals surface area contributed by atoms with Gasteiger partial charge in [-0.05, 0) is 37.1 Å². The van der Waals surface area contributed by atoms with Gasteiger partial charge in [0.2, 0.25) is 5.91 Å². The van der Waals surface area contributed by atoms with Gasteiger partial charge in [-0.1, -0.05) is 0 Å². The van der Waals surface area contributed by atoms with Gasteiger partial charge in [-0.3, -0.25) is 9.78 Å². The zero-order chi connectivity index (χ0) is 12.1. The number of carbonyl (C=O) groups is 1. The van der Waals surface area contributed by atoms with Gasteiger partial charge in [-0.15, -0.1) is 0 Å². The summed E-state index contributed by atoms with van der Waals surface area (Å²) in [6, 6.07) is 3.89. The number of nitrogens with one attached hydrogen (secondary N) is 1. The molecule has 0 bridgehead atoms. The van der Waals surface area contributed by atoms with Crippen LogP contribution < -0.4 is 5.32 Å². The van der Waals surface area contributed by atoms with Crippen LogP contribution in [0.5, 0.6) is 0 Å². The minimum Gasteiger partial charge on any atom is -0.341 e. The van der Waals surface area contributed by atoms with Gasteiger partial charge in [0.25, 0.3) is 0 Å². The molecule has 4 heteroatoms. The summed E-state index contributed by atoms with van der Waals surface area (Å²) in [4.78, 5) is 18.0. The number of hydrogen-bond acceptors (Lipinski definition) is 3. The lowest BCUT2D eigenvalue weighted by Gasteiger charge is -2.27. The van der Waals surface area contributed by atoms with Gasteiger partial charge < -0.3 is 10.2 Å². The lowest BCUT2D eigenvalue weighted by Crippen LogP contribution is -2.41. The largest absolute Gasteiger partial charge is 0.341 e. The Bertz CT molecular complexity index is 360. The summed E-state index contributed by atoms with van der Waals surface area (Å²) in [6.07, 6.45) is 5.62. The van der Waals surface area contributed by atoms with E-state index in [-0.39, 0.29) is 11.8 Å². The molecule has 1 amide bonds. The van der Waals surface area contributed by atoms with Crippen molar-refractivity contribution in [1.82, 2.24) is 15.2 Å². The number of pyridine rings is 1. The van der Waals surface area contributed by atoms with Gasteiger partial charge in [0.1, 0.15) is 0 Å². The number of piperidine rings is 1. The number of carbonyl (C=O) groups excluding carboxylic acids is 1. The van der Waals surface area contributed by atoms with Gasteiger partial charge >= 0.3 is 0 Å². The summed E-state index contributed by atoms with van der Waals surface area (Å²) >= 11 is 0. The highest BCUT2D eigenvalue weighted by Crippen LogP contribution is 2.14. The van der Waals surface area contributed by atoms with Crippen LogP contribution in [0.1, 0.15) is 18.4 Å². The predicted octanol–water partition coefficient (Wildman–Crippen LogP) is 1.04. The van der Waals surface area contributed by atoms with Crippen molar-refractivity contribution in [1.29, 1.82) is 0 Å². The fourth-order valence-corrected chi connectivity index (χ4v) is 2.21. The molecule has 1 atom stereocenters. The zero-order valence-electron chi connectivity index (χ0n) is 10.2. The molecular formula is C13H19N3O. The SMILES string of the molecule is CN(Cc1ccncc1)C(=O)C1CCCNC1. The average Bonchev–Trinajstić information content (AvgIpc) is 2.40. The van der Waals surface area contributed by atoms with Gasteiger partial charge in [-0.25, -0.2) is 0 Å². The molecule has 2 heterocycles. The summed E-state index contributed by atoms with van der Waals surface area (Å²) < 4.78 is 0. The van der Waals surface area contributed by atoms with Crippen LogP contribution in [0.15, 0.2) is 24.5 Å². The highest BCUT2D eigenvalue weighted by atomic mass is 16.2. The quantitative estimate of drug-likeness (QED) is 0.848. The third-order valence-electron chi connectivity index (χ3n) is 3.19. The van der Waals surface area contributed by atoms with Crippen LogP contribution in [0.2, 0.25) is 0 Å². The molecule has 0 spiro atoms. The van der Waals surface area contributed by atoms with Crippen molar-refractivity contribution in [2.24, 2.45) is 5.92 Å². The third kappa shape index (κ3) is 3.27. The van der Waals surface area contributed by atoms with Crippen molar-refractivity contribution in [2.75, 3.05) is 20.1 Å². The van der Waals surface area contributed by atoms with Crippen LogP contribution in [0, 0.1) is 5.92 Å². The van der Waals surface area contributed by atoms with Crippen molar-refractivity contribution < 1.29 is 4.79 Å². The fourth-order valence-electron chi connectivity index (χ4n) is 2.21. The maximum absolute atomic E-state index is 12.2. The topological polar surface area (TPSA) is 45.2 Å². The number of rotatable bonds is 3. The first kappa shape index (κ1) is 12.0. The molecule has 17 heavy (non-hydrogen) atoms. The molecular weight excluding hydrogens is 214 g/mol. The minimum atomic E-state index is 0.149. The molecule has 1 fully saturated rings. The predicted molar refractivity (Wildman–Crippen MR) is 66.3 cm³/mol. The molecule has 1 aliphatic heterocycles. The Hall–Kier alpha value is -1.42. The first-order valence-electron chi connectivity index (χ1n) is 6.12. The van der Waals surface area contributed by atoms with E-state index in [2.05, 4.69) is 10.3 Å². The van der Waals surface area contributed by atoms with E-state index >= 15 is 0 Å². The Balaban J connectivity index is 1.90. The molecule has 2 rings (SSSR count).